The molecule has 8 heteroatoms. The maximum atomic E-state index is 11.1. The number of phenolic OH excluding ortho intramolecular Hbond substituents is 1. The Morgan fingerprint density at radius 3 is 2.33 bits per heavy atom. The monoisotopic (exact) mass is 286 g/mol. The van der Waals surface area contributed by atoms with Gasteiger partial charge in [0.1, 0.15) is 10.6 Å². The summed E-state index contributed by atoms with van der Waals surface area (Å²) < 4.78 is 31.3. The topological polar surface area (TPSA) is 127 Å². The minimum atomic E-state index is -4.52. The second-order valence-corrected chi connectivity index (χ2v) is 5.65. The van der Waals surface area contributed by atoms with Crippen LogP contribution < -0.4 is 11.5 Å². The maximum Gasteiger partial charge on any atom is 0.296 e. The molecule has 0 aromatic heterocycles. The van der Waals surface area contributed by atoms with Gasteiger partial charge in [0, 0.05) is 16.0 Å². The van der Waals surface area contributed by atoms with E-state index in [0.29, 0.717) is 10.3 Å². The lowest BCUT2D eigenvalue weighted by Crippen LogP contribution is -2.04. The Kier molecular flexibility index (Phi) is 2.80. The number of benzene rings is 2. The molecule has 0 aliphatic rings. The van der Waals surface area contributed by atoms with E-state index < -0.39 is 26.5 Å². The van der Waals surface area contributed by atoms with Crippen LogP contribution in [0, 0.1) is 0 Å². The van der Waals surface area contributed by atoms with Gasteiger partial charge in [-0.15, -0.1) is 12.6 Å². The molecule has 2 aromatic carbocycles. The molecule has 0 saturated heterocycles. The van der Waals surface area contributed by atoms with Crippen LogP contribution in [0.15, 0.2) is 28.0 Å². The molecule has 96 valence electrons. The molecule has 6 N–H and O–H groups in total. The highest BCUT2D eigenvalue weighted by molar-refractivity contribution is 7.86. The van der Waals surface area contributed by atoms with Crippen LogP contribution in [0.2, 0.25) is 0 Å². The highest BCUT2D eigenvalue weighted by Gasteiger charge is 2.20. The summed E-state index contributed by atoms with van der Waals surface area (Å²) in [6, 6.07) is 4.14. The Labute approximate surface area is 108 Å². The average molecular weight is 286 g/mol. The van der Waals surface area contributed by atoms with E-state index in [-0.39, 0.29) is 11.1 Å². The Morgan fingerprint density at radius 1 is 1.17 bits per heavy atom. The van der Waals surface area contributed by atoms with Gasteiger partial charge in [-0.25, -0.2) is 0 Å². The number of thiol groups is 1. The molecule has 0 heterocycles. The molecule has 0 spiro atoms. The molecule has 0 radical (unpaired) electrons. The van der Waals surface area contributed by atoms with E-state index in [1.165, 1.54) is 12.1 Å². The zero-order chi connectivity index (χ0) is 13.7. The quantitative estimate of drug-likeness (QED) is 0.232. The number of phenols is 1. The fraction of sp³-hybridized carbons (Fsp3) is 0. The second kappa shape index (κ2) is 3.94. The van der Waals surface area contributed by atoms with Crippen molar-refractivity contribution >= 4 is 44.9 Å². The highest BCUT2D eigenvalue weighted by atomic mass is 32.2. The Hall–Kier alpha value is -1.64. The summed E-state index contributed by atoms with van der Waals surface area (Å²) in [5, 5.41) is 10.4. The lowest BCUT2D eigenvalue weighted by atomic mass is 10.1. The molecule has 0 bridgehead atoms. The fourth-order valence-corrected chi connectivity index (χ4v) is 2.67. The molecule has 0 aliphatic heterocycles. The smallest absolute Gasteiger partial charge is 0.296 e. The van der Waals surface area contributed by atoms with Crippen LogP contribution in [0.3, 0.4) is 0 Å². The summed E-state index contributed by atoms with van der Waals surface area (Å²) in [6.07, 6.45) is 0. The van der Waals surface area contributed by atoms with Crippen molar-refractivity contribution in [1.82, 2.24) is 0 Å². The summed E-state index contributed by atoms with van der Waals surface area (Å²) in [5.74, 6) is -0.481. The van der Waals surface area contributed by atoms with Crippen molar-refractivity contribution in [3.05, 3.63) is 18.2 Å². The number of nitrogen functional groups attached to an aromatic ring is 2. The first-order chi connectivity index (χ1) is 8.21. The first-order valence-electron chi connectivity index (χ1n) is 4.73. The highest BCUT2D eigenvalue weighted by Crippen LogP contribution is 2.40. The van der Waals surface area contributed by atoms with Crippen molar-refractivity contribution in [2.24, 2.45) is 0 Å². The van der Waals surface area contributed by atoms with E-state index in [1.54, 1.807) is 0 Å². The molecule has 6 nitrogen and oxygen atoms in total. The largest absolute Gasteiger partial charge is 0.505 e. The van der Waals surface area contributed by atoms with Crippen LogP contribution in [-0.4, -0.2) is 18.1 Å². The van der Waals surface area contributed by atoms with Crippen molar-refractivity contribution in [2.45, 2.75) is 9.79 Å². The third-order valence-corrected chi connectivity index (χ3v) is 3.66. The predicted molar refractivity (Wildman–Crippen MR) is 71.5 cm³/mol. The Balaban J connectivity index is 3.02. The number of anilines is 2. The Bertz CT molecular complexity index is 756. The SMILES string of the molecule is Nc1c(S(=O)(=O)O)cc2cc(S)cc(N)c2c1O. The van der Waals surface area contributed by atoms with Crippen molar-refractivity contribution in [2.75, 3.05) is 11.5 Å². The minimum Gasteiger partial charge on any atom is -0.505 e. The van der Waals surface area contributed by atoms with Crippen LogP contribution in [0.5, 0.6) is 5.75 Å². The van der Waals surface area contributed by atoms with Gasteiger partial charge in [0.15, 0.2) is 0 Å². The van der Waals surface area contributed by atoms with Gasteiger partial charge in [-0.05, 0) is 23.6 Å². The summed E-state index contributed by atoms with van der Waals surface area (Å²) in [7, 11) is -4.52. The number of nitrogens with two attached hydrogens (primary N) is 2. The van der Waals surface area contributed by atoms with Gasteiger partial charge in [-0.3, -0.25) is 4.55 Å². The average Bonchev–Trinajstić information content (AvgIpc) is 2.20. The normalized spacial score (nSPS) is 11.9. The third kappa shape index (κ3) is 1.94. The number of hydrogen-bond acceptors (Lipinski definition) is 6. The lowest BCUT2D eigenvalue weighted by Gasteiger charge is -2.11. The zero-order valence-corrected chi connectivity index (χ0v) is 10.7. The van der Waals surface area contributed by atoms with Crippen molar-refractivity contribution in [3.8, 4) is 5.75 Å². The molecule has 0 aliphatic carbocycles. The standard InChI is InChI=1S/C10H10N2O4S2/c11-6-3-5(17)1-4-2-7(18(14,15)16)9(12)10(13)8(4)6/h1-3,13,17H,11-12H2,(H,14,15,16). The van der Waals surface area contributed by atoms with Crippen LogP contribution in [0.25, 0.3) is 10.8 Å². The van der Waals surface area contributed by atoms with E-state index >= 15 is 0 Å². The van der Waals surface area contributed by atoms with E-state index in [9.17, 15) is 13.5 Å². The van der Waals surface area contributed by atoms with Gasteiger partial charge in [-0.2, -0.15) is 8.42 Å². The minimum absolute atomic E-state index is 0.212. The number of aromatic hydroxyl groups is 1. The van der Waals surface area contributed by atoms with E-state index in [1.807, 2.05) is 0 Å². The first-order valence-corrected chi connectivity index (χ1v) is 6.61. The number of fused-ring (bicyclic) bond motifs is 1. The summed E-state index contributed by atoms with van der Waals surface area (Å²) in [4.78, 5) is -0.0729. The lowest BCUT2D eigenvalue weighted by molar-refractivity contribution is 0.473. The van der Waals surface area contributed by atoms with Gasteiger partial charge in [0.2, 0.25) is 0 Å². The number of hydrogen-bond donors (Lipinski definition) is 5. The third-order valence-electron chi connectivity index (χ3n) is 2.51. The number of rotatable bonds is 1. The van der Waals surface area contributed by atoms with Crippen molar-refractivity contribution in [3.63, 3.8) is 0 Å². The predicted octanol–water partition coefficient (Wildman–Crippen LogP) is 1.25. The molecule has 0 saturated carbocycles. The molecule has 0 amide bonds. The fourth-order valence-electron chi connectivity index (χ4n) is 1.74. The molecular formula is C10H10N2O4S2. The van der Waals surface area contributed by atoms with Gasteiger partial charge in [-0.1, -0.05) is 0 Å². The molecule has 0 unspecified atom stereocenters. The van der Waals surface area contributed by atoms with Gasteiger partial charge in [0.25, 0.3) is 10.1 Å². The first kappa shape index (κ1) is 12.8. The van der Waals surface area contributed by atoms with Crippen LogP contribution in [0.4, 0.5) is 11.4 Å². The molecule has 0 fully saturated rings. The molecule has 18 heavy (non-hydrogen) atoms. The van der Waals surface area contributed by atoms with Gasteiger partial charge in [0.05, 0.1) is 5.69 Å². The van der Waals surface area contributed by atoms with Crippen molar-refractivity contribution in [1.29, 1.82) is 0 Å². The van der Waals surface area contributed by atoms with E-state index in [2.05, 4.69) is 12.6 Å². The molecular weight excluding hydrogens is 276 g/mol. The van der Waals surface area contributed by atoms with Crippen LogP contribution in [-0.2, 0) is 10.1 Å². The maximum absolute atomic E-state index is 11.1. The zero-order valence-electron chi connectivity index (χ0n) is 8.95. The summed E-state index contributed by atoms with van der Waals surface area (Å²) in [6.45, 7) is 0. The van der Waals surface area contributed by atoms with E-state index in [0.717, 1.165) is 6.07 Å². The second-order valence-electron chi connectivity index (χ2n) is 3.75. The molecule has 2 aromatic rings. The summed E-state index contributed by atoms with van der Waals surface area (Å²) in [5.41, 5.74) is 11.0. The van der Waals surface area contributed by atoms with Crippen LogP contribution in [0.1, 0.15) is 0 Å². The summed E-state index contributed by atoms with van der Waals surface area (Å²) >= 11 is 4.09. The van der Waals surface area contributed by atoms with Crippen LogP contribution >= 0.6 is 12.6 Å². The molecule has 0 atom stereocenters. The Morgan fingerprint density at radius 2 is 1.78 bits per heavy atom. The van der Waals surface area contributed by atoms with Gasteiger partial charge >= 0.3 is 0 Å². The molecule has 2 rings (SSSR count). The van der Waals surface area contributed by atoms with Crippen molar-refractivity contribution < 1.29 is 18.1 Å². The van der Waals surface area contributed by atoms with E-state index in [4.69, 9.17) is 16.0 Å². The van der Waals surface area contributed by atoms with Gasteiger partial charge < -0.3 is 16.6 Å².